The van der Waals surface area contributed by atoms with Crippen molar-refractivity contribution in [3.05, 3.63) is 28.7 Å². The molecule has 4 N–H and O–H groups in total. The maximum atomic E-state index is 11.5. The summed E-state index contributed by atoms with van der Waals surface area (Å²) in [5.74, 6) is 0.496. The van der Waals surface area contributed by atoms with Crippen LogP contribution in [0.4, 0.5) is 11.4 Å². The number of nitrogens with two attached hydrogens (primary N) is 2. The van der Waals surface area contributed by atoms with Gasteiger partial charge in [-0.25, -0.2) is 0 Å². The number of hydrogen-bond donors (Lipinski definition) is 2. The molecule has 0 atom stereocenters. The number of benzene rings is 1. The van der Waals surface area contributed by atoms with Crippen molar-refractivity contribution in [1.82, 2.24) is 0 Å². The quantitative estimate of drug-likeness (QED) is 0.630. The van der Waals surface area contributed by atoms with E-state index in [4.69, 9.17) is 20.8 Å². The van der Waals surface area contributed by atoms with Crippen LogP contribution in [-0.2, 0) is 14.1 Å². The lowest BCUT2D eigenvalue weighted by molar-refractivity contribution is -0.109. The van der Waals surface area contributed by atoms with E-state index in [-0.39, 0.29) is 5.12 Å². The second-order valence-electron chi connectivity index (χ2n) is 7.43. The Morgan fingerprint density at radius 3 is 2.20 bits per heavy atom. The SMILES string of the molecule is CC(=O)SCC(=Cc1cc(N)c(N)cc1C)B1OC(C)(C)C(C)(C)O1. The van der Waals surface area contributed by atoms with Gasteiger partial charge in [0.1, 0.15) is 0 Å². The molecule has 1 aliphatic heterocycles. The lowest BCUT2D eigenvalue weighted by Gasteiger charge is -2.32. The molecule has 0 amide bonds. The Balaban J connectivity index is 2.40. The molecule has 5 nitrogen and oxygen atoms in total. The summed E-state index contributed by atoms with van der Waals surface area (Å²) in [7, 11) is -0.505. The average molecular weight is 362 g/mol. The summed E-state index contributed by atoms with van der Waals surface area (Å²) in [5.41, 5.74) is 14.9. The van der Waals surface area contributed by atoms with Crippen molar-refractivity contribution in [3.63, 3.8) is 0 Å². The molecule has 0 radical (unpaired) electrons. The van der Waals surface area contributed by atoms with Crippen LogP contribution >= 0.6 is 11.8 Å². The van der Waals surface area contributed by atoms with Crippen LogP contribution in [0.15, 0.2) is 17.6 Å². The number of anilines is 2. The summed E-state index contributed by atoms with van der Waals surface area (Å²) in [6, 6.07) is 3.69. The number of rotatable bonds is 4. The molecule has 0 aliphatic carbocycles. The van der Waals surface area contributed by atoms with Crippen molar-refractivity contribution in [2.45, 2.75) is 52.7 Å². The summed E-state index contributed by atoms with van der Waals surface area (Å²) in [5, 5.41) is 0.0518. The number of carbonyl (C=O) groups excluding carboxylic acids is 1. The minimum atomic E-state index is -0.505. The Kier molecular flexibility index (Phi) is 5.61. The van der Waals surface area contributed by atoms with E-state index < -0.39 is 18.3 Å². The Morgan fingerprint density at radius 2 is 1.68 bits per heavy atom. The topological polar surface area (TPSA) is 87.6 Å². The monoisotopic (exact) mass is 362 g/mol. The standard InChI is InChI=1S/C18H27BN2O3S/c1-11-7-15(20)16(21)9-13(11)8-14(10-25-12(2)22)19-23-17(3,4)18(5,6)24-19/h7-9H,10,20-21H2,1-6H3. The highest BCUT2D eigenvalue weighted by Gasteiger charge is 2.52. The molecule has 0 aromatic heterocycles. The van der Waals surface area contributed by atoms with Gasteiger partial charge in [-0.3, -0.25) is 4.79 Å². The van der Waals surface area contributed by atoms with E-state index in [1.54, 1.807) is 6.92 Å². The molecule has 2 rings (SSSR count). The molecule has 1 aromatic carbocycles. The number of aryl methyl sites for hydroxylation is 1. The van der Waals surface area contributed by atoms with E-state index in [1.165, 1.54) is 11.8 Å². The highest BCUT2D eigenvalue weighted by molar-refractivity contribution is 8.13. The van der Waals surface area contributed by atoms with Gasteiger partial charge >= 0.3 is 7.12 Å². The molecule has 1 heterocycles. The maximum absolute atomic E-state index is 11.5. The normalized spacial score (nSPS) is 19.3. The van der Waals surface area contributed by atoms with E-state index in [9.17, 15) is 4.79 Å². The van der Waals surface area contributed by atoms with E-state index in [2.05, 4.69) is 0 Å². The van der Waals surface area contributed by atoms with Gasteiger partial charge in [-0.15, -0.1) is 0 Å². The summed E-state index contributed by atoms with van der Waals surface area (Å²) < 4.78 is 12.3. The van der Waals surface area contributed by atoms with Crippen LogP contribution in [0, 0.1) is 6.92 Å². The Morgan fingerprint density at radius 1 is 1.16 bits per heavy atom. The molecule has 0 saturated carbocycles. The van der Waals surface area contributed by atoms with Gasteiger partial charge in [-0.1, -0.05) is 17.8 Å². The Bertz CT molecular complexity index is 701. The molecule has 136 valence electrons. The predicted molar refractivity (Wildman–Crippen MR) is 107 cm³/mol. The third-order valence-electron chi connectivity index (χ3n) is 4.81. The average Bonchev–Trinajstić information content (AvgIpc) is 2.68. The van der Waals surface area contributed by atoms with E-state index in [1.807, 2.05) is 52.8 Å². The number of carbonyl (C=O) groups is 1. The van der Waals surface area contributed by atoms with Crippen molar-refractivity contribution < 1.29 is 14.1 Å². The van der Waals surface area contributed by atoms with Crippen LogP contribution in [-0.4, -0.2) is 29.2 Å². The highest BCUT2D eigenvalue weighted by atomic mass is 32.2. The fourth-order valence-electron chi connectivity index (χ4n) is 2.48. The van der Waals surface area contributed by atoms with Crippen molar-refractivity contribution >= 4 is 41.4 Å². The Hall–Kier alpha value is -1.44. The van der Waals surface area contributed by atoms with E-state index in [0.717, 1.165) is 16.6 Å². The Labute approximate surface area is 154 Å². The minimum absolute atomic E-state index is 0.0518. The number of thioether (sulfide) groups is 1. The van der Waals surface area contributed by atoms with Crippen LogP contribution in [0.1, 0.15) is 45.7 Å². The molecule has 1 aromatic rings. The number of nitrogen functional groups attached to an aromatic ring is 2. The zero-order valence-electron chi connectivity index (χ0n) is 15.8. The first-order valence-corrected chi connectivity index (χ1v) is 9.26. The van der Waals surface area contributed by atoms with Gasteiger partial charge in [0.15, 0.2) is 5.12 Å². The first-order chi connectivity index (χ1) is 11.4. The summed E-state index contributed by atoms with van der Waals surface area (Å²) in [4.78, 5) is 11.5. The second kappa shape index (κ2) is 7.06. The maximum Gasteiger partial charge on any atom is 0.491 e. The highest BCUT2D eigenvalue weighted by Crippen LogP contribution is 2.39. The summed E-state index contributed by atoms with van der Waals surface area (Å²) in [6.07, 6.45) is 1.99. The van der Waals surface area contributed by atoms with Crippen molar-refractivity contribution in [2.75, 3.05) is 17.2 Å². The molecule has 0 bridgehead atoms. The van der Waals surface area contributed by atoms with Gasteiger partial charge in [0, 0.05) is 12.7 Å². The fourth-order valence-corrected chi connectivity index (χ4v) is 3.07. The van der Waals surface area contributed by atoms with Crippen LogP contribution in [0.3, 0.4) is 0 Å². The van der Waals surface area contributed by atoms with Crippen molar-refractivity contribution in [3.8, 4) is 0 Å². The van der Waals surface area contributed by atoms with Crippen LogP contribution < -0.4 is 11.5 Å². The lowest BCUT2D eigenvalue weighted by atomic mass is 9.78. The zero-order valence-corrected chi connectivity index (χ0v) is 16.6. The van der Waals surface area contributed by atoms with Gasteiger partial charge < -0.3 is 20.8 Å². The first-order valence-electron chi connectivity index (χ1n) is 8.28. The molecular formula is C18H27BN2O3S. The molecule has 1 fully saturated rings. The molecular weight excluding hydrogens is 335 g/mol. The first kappa shape index (κ1) is 19.9. The summed E-state index contributed by atoms with van der Waals surface area (Å²) in [6.45, 7) is 11.6. The van der Waals surface area contributed by atoms with Crippen molar-refractivity contribution in [1.29, 1.82) is 0 Å². The zero-order chi connectivity index (χ0) is 19.0. The summed E-state index contributed by atoms with van der Waals surface area (Å²) >= 11 is 1.24. The molecule has 1 aliphatic rings. The van der Waals surface area contributed by atoms with Crippen LogP contribution in [0.2, 0.25) is 0 Å². The second-order valence-corrected chi connectivity index (χ2v) is 8.58. The van der Waals surface area contributed by atoms with Gasteiger partial charge in [0.05, 0.1) is 22.6 Å². The van der Waals surface area contributed by atoms with Crippen LogP contribution in [0.25, 0.3) is 6.08 Å². The van der Waals surface area contributed by atoms with Gasteiger partial charge in [0.25, 0.3) is 0 Å². The largest absolute Gasteiger partial charge is 0.491 e. The van der Waals surface area contributed by atoms with Gasteiger partial charge in [-0.05, 0) is 63.4 Å². The minimum Gasteiger partial charge on any atom is -0.400 e. The molecule has 0 unspecified atom stereocenters. The predicted octanol–water partition coefficient (Wildman–Crippen LogP) is 3.45. The van der Waals surface area contributed by atoms with Crippen molar-refractivity contribution in [2.24, 2.45) is 0 Å². The fraction of sp³-hybridized carbons (Fsp3) is 0.500. The molecule has 7 heteroatoms. The molecule has 1 saturated heterocycles. The van der Waals surface area contributed by atoms with E-state index in [0.29, 0.717) is 17.1 Å². The molecule has 0 spiro atoms. The van der Waals surface area contributed by atoms with Crippen LogP contribution in [0.5, 0.6) is 0 Å². The van der Waals surface area contributed by atoms with E-state index >= 15 is 0 Å². The van der Waals surface area contributed by atoms with Gasteiger partial charge in [-0.2, -0.15) is 0 Å². The molecule has 25 heavy (non-hydrogen) atoms. The third kappa shape index (κ3) is 4.40. The lowest BCUT2D eigenvalue weighted by Crippen LogP contribution is -2.41. The van der Waals surface area contributed by atoms with Gasteiger partial charge in [0.2, 0.25) is 0 Å². The smallest absolute Gasteiger partial charge is 0.400 e. The third-order valence-corrected chi connectivity index (χ3v) is 5.69. The number of hydrogen-bond acceptors (Lipinski definition) is 6.